The molecule has 1 aliphatic rings. The Bertz CT molecular complexity index is 385. The largest absolute Gasteiger partial charge is 0.399 e. The van der Waals surface area contributed by atoms with Gasteiger partial charge >= 0.3 is 0 Å². The zero-order valence-corrected chi connectivity index (χ0v) is 9.25. The number of rotatable bonds is 1. The molecule has 0 aliphatic heterocycles. The van der Waals surface area contributed by atoms with Gasteiger partial charge in [0, 0.05) is 11.6 Å². The lowest BCUT2D eigenvalue weighted by atomic mass is 9.78. The van der Waals surface area contributed by atoms with Gasteiger partial charge in [-0.1, -0.05) is 31.2 Å². The standard InChI is InChI=1S/C13H17NO2/c1-8-11(6-7-12(15)13(8)16)9-2-4-10(14)5-3-9/h2-8,11-13,15-16H,14H2,1H3. The molecule has 86 valence electrons. The SMILES string of the molecule is CC1C(c2ccc(N)cc2)C=CC(O)C1O. The molecule has 3 heteroatoms. The molecule has 0 heterocycles. The first-order valence-corrected chi connectivity index (χ1v) is 5.49. The first-order valence-electron chi connectivity index (χ1n) is 5.49. The predicted octanol–water partition coefficient (Wildman–Crippen LogP) is 1.28. The van der Waals surface area contributed by atoms with Crippen LogP contribution >= 0.6 is 0 Å². The predicted molar refractivity (Wildman–Crippen MR) is 63.9 cm³/mol. The first kappa shape index (κ1) is 11.2. The summed E-state index contributed by atoms with van der Waals surface area (Å²) in [5.74, 6) is 0.141. The Morgan fingerprint density at radius 3 is 2.31 bits per heavy atom. The van der Waals surface area contributed by atoms with E-state index in [0.717, 1.165) is 11.3 Å². The zero-order chi connectivity index (χ0) is 11.7. The van der Waals surface area contributed by atoms with Crippen molar-refractivity contribution in [2.45, 2.75) is 25.0 Å². The van der Waals surface area contributed by atoms with E-state index in [1.165, 1.54) is 0 Å². The molecule has 0 fully saturated rings. The van der Waals surface area contributed by atoms with Gasteiger partial charge in [0.25, 0.3) is 0 Å². The quantitative estimate of drug-likeness (QED) is 0.492. The summed E-state index contributed by atoms with van der Waals surface area (Å²) in [6.45, 7) is 1.94. The number of aliphatic hydroxyl groups excluding tert-OH is 2. The first-order chi connectivity index (χ1) is 7.59. The van der Waals surface area contributed by atoms with Crippen LogP contribution < -0.4 is 5.73 Å². The van der Waals surface area contributed by atoms with Gasteiger partial charge in [-0.3, -0.25) is 0 Å². The lowest BCUT2D eigenvalue weighted by Crippen LogP contribution is -2.36. The topological polar surface area (TPSA) is 66.5 Å². The van der Waals surface area contributed by atoms with Crippen LogP contribution in [0.25, 0.3) is 0 Å². The van der Waals surface area contributed by atoms with Crippen molar-refractivity contribution in [3.05, 3.63) is 42.0 Å². The van der Waals surface area contributed by atoms with Crippen LogP contribution in [0.4, 0.5) is 5.69 Å². The van der Waals surface area contributed by atoms with Crippen molar-refractivity contribution in [1.29, 1.82) is 0 Å². The molecule has 0 bridgehead atoms. The molecule has 0 radical (unpaired) electrons. The van der Waals surface area contributed by atoms with Gasteiger partial charge in [0.1, 0.15) is 0 Å². The van der Waals surface area contributed by atoms with Crippen molar-refractivity contribution in [2.24, 2.45) is 5.92 Å². The Hall–Kier alpha value is -1.32. The maximum absolute atomic E-state index is 9.81. The fourth-order valence-corrected chi connectivity index (χ4v) is 2.18. The number of hydrogen-bond donors (Lipinski definition) is 3. The Labute approximate surface area is 95.2 Å². The summed E-state index contributed by atoms with van der Waals surface area (Å²) in [6.07, 6.45) is 2.16. The highest BCUT2D eigenvalue weighted by Crippen LogP contribution is 2.33. The van der Waals surface area contributed by atoms with E-state index in [1.807, 2.05) is 37.3 Å². The van der Waals surface area contributed by atoms with Crippen molar-refractivity contribution in [3.8, 4) is 0 Å². The molecule has 16 heavy (non-hydrogen) atoms. The molecule has 0 amide bonds. The smallest absolute Gasteiger partial charge is 0.0983 e. The van der Waals surface area contributed by atoms with Crippen LogP contribution in [-0.4, -0.2) is 22.4 Å². The molecule has 4 unspecified atom stereocenters. The van der Waals surface area contributed by atoms with Crippen LogP contribution in [0.2, 0.25) is 0 Å². The minimum atomic E-state index is -0.750. The molecule has 2 rings (SSSR count). The van der Waals surface area contributed by atoms with Crippen LogP contribution in [0.1, 0.15) is 18.4 Å². The highest BCUT2D eigenvalue weighted by molar-refractivity contribution is 5.41. The maximum atomic E-state index is 9.81. The normalized spacial score (nSPS) is 33.9. The van der Waals surface area contributed by atoms with Crippen molar-refractivity contribution < 1.29 is 10.2 Å². The highest BCUT2D eigenvalue weighted by Gasteiger charge is 2.31. The van der Waals surface area contributed by atoms with E-state index < -0.39 is 12.2 Å². The number of nitrogens with two attached hydrogens (primary N) is 1. The number of anilines is 1. The van der Waals surface area contributed by atoms with Crippen LogP contribution in [0, 0.1) is 5.92 Å². The number of nitrogen functional groups attached to an aromatic ring is 1. The van der Waals surface area contributed by atoms with E-state index >= 15 is 0 Å². The second-order valence-corrected chi connectivity index (χ2v) is 4.42. The fraction of sp³-hybridized carbons (Fsp3) is 0.385. The van der Waals surface area contributed by atoms with E-state index in [1.54, 1.807) is 6.08 Å². The molecule has 4 atom stereocenters. The summed E-state index contributed by atoms with van der Waals surface area (Å²) in [6, 6.07) is 7.64. The lowest BCUT2D eigenvalue weighted by Gasteiger charge is -2.32. The Balaban J connectivity index is 2.28. The zero-order valence-electron chi connectivity index (χ0n) is 9.25. The second-order valence-electron chi connectivity index (χ2n) is 4.42. The number of aliphatic hydroxyl groups is 2. The average Bonchev–Trinajstić information content (AvgIpc) is 2.28. The summed E-state index contributed by atoms with van der Waals surface area (Å²) in [4.78, 5) is 0. The van der Waals surface area contributed by atoms with E-state index in [4.69, 9.17) is 5.73 Å². The summed E-state index contributed by atoms with van der Waals surface area (Å²) in [5, 5.41) is 19.3. The monoisotopic (exact) mass is 219 g/mol. The van der Waals surface area contributed by atoms with Crippen molar-refractivity contribution in [1.82, 2.24) is 0 Å². The molecule has 0 saturated carbocycles. The molecular weight excluding hydrogens is 202 g/mol. The van der Waals surface area contributed by atoms with Crippen molar-refractivity contribution in [3.63, 3.8) is 0 Å². The Morgan fingerprint density at radius 2 is 1.69 bits per heavy atom. The van der Waals surface area contributed by atoms with E-state index in [9.17, 15) is 10.2 Å². The third-order valence-corrected chi connectivity index (χ3v) is 3.29. The van der Waals surface area contributed by atoms with Crippen LogP contribution in [0.5, 0.6) is 0 Å². The Morgan fingerprint density at radius 1 is 1.06 bits per heavy atom. The minimum absolute atomic E-state index is 0.00336. The summed E-state index contributed by atoms with van der Waals surface area (Å²) in [5.41, 5.74) is 7.48. The molecule has 0 spiro atoms. The summed E-state index contributed by atoms with van der Waals surface area (Å²) < 4.78 is 0. The van der Waals surface area contributed by atoms with Gasteiger partial charge in [0.2, 0.25) is 0 Å². The average molecular weight is 219 g/mol. The minimum Gasteiger partial charge on any atom is -0.399 e. The fourth-order valence-electron chi connectivity index (χ4n) is 2.18. The number of hydrogen-bond acceptors (Lipinski definition) is 3. The van der Waals surface area contributed by atoms with Crippen molar-refractivity contribution in [2.75, 3.05) is 5.73 Å². The Kier molecular flexibility index (Phi) is 2.99. The van der Waals surface area contributed by atoms with Crippen LogP contribution in [0.3, 0.4) is 0 Å². The molecule has 0 saturated heterocycles. The molecule has 4 N–H and O–H groups in total. The van der Waals surface area contributed by atoms with Crippen molar-refractivity contribution >= 4 is 5.69 Å². The molecular formula is C13H17NO2. The molecule has 0 aromatic heterocycles. The maximum Gasteiger partial charge on any atom is 0.0983 e. The lowest BCUT2D eigenvalue weighted by molar-refractivity contribution is 0.00207. The van der Waals surface area contributed by atoms with Gasteiger partial charge in [-0.05, 0) is 23.6 Å². The van der Waals surface area contributed by atoms with Crippen LogP contribution in [0.15, 0.2) is 36.4 Å². The van der Waals surface area contributed by atoms with Crippen LogP contribution in [-0.2, 0) is 0 Å². The molecule has 1 aromatic carbocycles. The molecule has 3 nitrogen and oxygen atoms in total. The van der Waals surface area contributed by atoms with Gasteiger partial charge in [-0.25, -0.2) is 0 Å². The molecule has 1 aliphatic carbocycles. The van der Waals surface area contributed by atoms with Gasteiger partial charge < -0.3 is 15.9 Å². The van der Waals surface area contributed by atoms with Gasteiger partial charge in [0.15, 0.2) is 0 Å². The third kappa shape index (κ3) is 1.96. The van der Waals surface area contributed by atoms with E-state index in [0.29, 0.717) is 0 Å². The second kappa shape index (κ2) is 4.28. The molecule has 1 aromatic rings. The van der Waals surface area contributed by atoms with Gasteiger partial charge in [-0.2, -0.15) is 0 Å². The van der Waals surface area contributed by atoms with Gasteiger partial charge in [-0.15, -0.1) is 0 Å². The third-order valence-electron chi connectivity index (χ3n) is 3.29. The highest BCUT2D eigenvalue weighted by atomic mass is 16.3. The number of benzene rings is 1. The summed E-state index contributed by atoms with van der Waals surface area (Å²) >= 11 is 0. The van der Waals surface area contributed by atoms with E-state index in [-0.39, 0.29) is 11.8 Å². The van der Waals surface area contributed by atoms with Gasteiger partial charge in [0.05, 0.1) is 12.2 Å². The summed E-state index contributed by atoms with van der Waals surface area (Å²) in [7, 11) is 0. The number of allylic oxidation sites excluding steroid dienone is 1. The van der Waals surface area contributed by atoms with E-state index in [2.05, 4.69) is 0 Å².